The highest BCUT2D eigenvalue weighted by Crippen LogP contribution is 2.49. The number of benzene rings is 1. The van der Waals surface area contributed by atoms with Crippen LogP contribution < -0.4 is 10.6 Å². The molecule has 4 nitrogen and oxygen atoms in total. The molecular formula is C21H30N2O2. The van der Waals surface area contributed by atoms with Crippen LogP contribution in [0.3, 0.4) is 0 Å². The van der Waals surface area contributed by atoms with Crippen LogP contribution in [0, 0.1) is 17.8 Å². The highest BCUT2D eigenvalue weighted by Gasteiger charge is 2.39. The maximum Gasteiger partial charge on any atom is 0.251 e. The molecule has 0 aliphatic heterocycles. The van der Waals surface area contributed by atoms with Crippen LogP contribution in [0.5, 0.6) is 0 Å². The maximum absolute atomic E-state index is 12.2. The van der Waals surface area contributed by atoms with E-state index < -0.39 is 0 Å². The van der Waals surface area contributed by atoms with Crippen LogP contribution in [-0.2, 0) is 11.3 Å². The summed E-state index contributed by atoms with van der Waals surface area (Å²) in [7, 11) is 0. The Morgan fingerprint density at radius 2 is 1.92 bits per heavy atom. The van der Waals surface area contributed by atoms with Crippen LogP contribution >= 0.6 is 0 Å². The fourth-order valence-corrected chi connectivity index (χ4v) is 4.32. The van der Waals surface area contributed by atoms with Crippen molar-refractivity contribution in [3.63, 3.8) is 0 Å². The van der Waals surface area contributed by atoms with Crippen LogP contribution in [0.4, 0.5) is 0 Å². The number of hydrogen-bond acceptors (Lipinski definition) is 2. The molecule has 2 amide bonds. The summed E-state index contributed by atoms with van der Waals surface area (Å²) in [6, 6.07) is 7.68. The lowest BCUT2D eigenvalue weighted by Gasteiger charge is -2.20. The molecule has 4 atom stereocenters. The Bertz CT molecular complexity index is 611. The second-order valence-corrected chi connectivity index (χ2v) is 7.90. The fourth-order valence-electron chi connectivity index (χ4n) is 4.32. The molecule has 0 heterocycles. The summed E-state index contributed by atoms with van der Waals surface area (Å²) in [4.78, 5) is 24.3. The van der Waals surface area contributed by atoms with E-state index >= 15 is 0 Å². The lowest BCUT2D eigenvalue weighted by molar-refractivity contribution is -0.122. The summed E-state index contributed by atoms with van der Waals surface area (Å²) in [6.07, 6.45) is 6.88. The third kappa shape index (κ3) is 4.62. The van der Waals surface area contributed by atoms with E-state index in [1.165, 1.54) is 25.7 Å². The van der Waals surface area contributed by atoms with Crippen molar-refractivity contribution in [2.24, 2.45) is 17.8 Å². The zero-order valence-electron chi connectivity index (χ0n) is 15.4. The molecule has 0 saturated heterocycles. The van der Waals surface area contributed by atoms with E-state index in [0.29, 0.717) is 24.4 Å². The molecule has 136 valence electrons. The molecule has 2 fully saturated rings. The fraction of sp³-hybridized carbons (Fsp3) is 0.619. The molecule has 4 heteroatoms. The van der Waals surface area contributed by atoms with Gasteiger partial charge in [0.25, 0.3) is 5.91 Å². The Labute approximate surface area is 150 Å². The summed E-state index contributed by atoms with van der Waals surface area (Å²) in [5.41, 5.74) is 1.69. The van der Waals surface area contributed by atoms with Gasteiger partial charge in [0, 0.05) is 24.6 Å². The van der Waals surface area contributed by atoms with E-state index in [-0.39, 0.29) is 17.9 Å². The van der Waals surface area contributed by atoms with E-state index in [9.17, 15) is 9.59 Å². The molecule has 2 bridgehead atoms. The zero-order valence-corrected chi connectivity index (χ0v) is 15.4. The first kappa shape index (κ1) is 18.0. The number of fused-ring (bicyclic) bond motifs is 2. The average molecular weight is 342 g/mol. The molecule has 0 aromatic heterocycles. The third-order valence-electron chi connectivity index (χ3n) is 6.03. The lowest BCUT2D eigenvalue weighted by Crippen LogP contribution is -2.31. The van der Waals surface area contributed by atoms with Crippen LogP contribution in [-0.4, -0.2) is 17.9 Å². The second-order valence-electron chi connectivity index (χ2n) is 7.90. The van der Waals surface area contributed by atoms with Crippen molar-refractivity contribution in [1.29, 1.82) is 0 Å². The van der Waals surface area contributed by atoms with Crippen molar-refractivity contribution in [3.8, 4) is 0 Å². The molecule has 0 spiro atoms. The van der Waals surface area contributed by atoms with Crippen molar-refractivity contribution in [2.75, 3.05) is 0 Å². The monoisotopic (exact) mass is 342 g/mol. The van der Waals surface area contributed by atoms with Crippen molar-refractivity contribution in [3.05, 3.63) is 35.4 Å². The molecule has 2 N–H and O–H groups in total. The lowest BCUT2D eigenvalue weighted by atomic mass is 9.86. The van der Waals surface area contributed by atoms with Gasteiger partial charge in [-0.2, -0.15) is 0 Å². The third-order valence-corrected chi connectivity index (χ3v) is 6.03. The molecule has 0 radical (unpaired) electrons. The SMILES string of the molecule is CC[C@H](C)NC(=O)c1ccc(CNC(=O)C[C@@H]2C[C@H]3CC[C@H]2C3)cc1. The van der Waals surface area contributed by atoms with Crippen molar-refractivity contribution in [1.82, 2.24) is 10.6 Å². The molecule has 3 rings (SSSR count). The van der Waals surface area contributed by atoms with Crippen LogP contribution in [0.15, 0.2) is 24.3 Å². The van der Waals surface area contributed by atoms with Gasteiger partial charge in [0.15, 0.2) is 0 Å². The molecule has 1 aromatic rings. The molecule has 25 heavy (non-hydrogen) atoms. The number of rotatable bonds is 7. The van der Waals surface area contributed by atoms with E-state index in [4.69, 9.17) is 0 Å². The summed E-state index contributed by atoms with van der Waals surface area (Å²) in [6.45, 7) is 4.58. The van der Waals surface area contributed by atoms with Crippen LogP contribution in [0.2, 0.25) is 0 Å². The van der Waals surface area contributed by atoms with E-state index in [2.05, 4.69) is 10.6 Å². The zero-order chi connectivity index (χ0) is 17.8. The number of carbonyl (C=O) groups excluding carboxylic acids is 2. The smallest absolute Gasteiger partial charge is 0.251 e. The van der Waals surface area contributed by atoms with Crippen molar-refractivity contribution < 1.29 is 9.59 Å². The first-order valence-corrected chi connectivity index (χ1v) is 9.71. The van der Waals surface area contributed by atoms with Gasteiger partial charge in [-0.15, -0.1) is 0 Å². The minimum absolute atomic E-state index is 0.0405. The topological polar surface area (TPSA) is 58.2 Å². The van der Waals surface area contributed by atoms with Crippen LogP contribution in [0.25, 0.3) is 0 Å². The Balaban J connectivity index is 1.43. The summed E-state index contributed by atoms with van der Waals surface area (Å²) in [5, 5.41) is 6.00. The molecule has 2 saturated carbocycles. The maximum atomic E-state index is 12.2. The van der Waals surface area contributed by atoms with E-state index in [1.54, 1.807) is 0 Å². The molecule has 1 aromatic carbocycles. The Hall–Kier alpha value is -1.84. The summed E-state index contributed by atoms with van der Waals surface area (Å²) < 4.78 is 0. The molecule has 2 aliphatic rings. The Kier molecular flexibility index (Phi) is 5.77. The van der Waals surface area contributed by atoms with Crippen molar-refractivity contribution in [2.45, 2.75) is 65.0 Å². The second kappa shape index (κ2) is 8.03. The van der Waals surface area contributed by atoms with Gasteiger partial charge in [-0.1, -0.05) is 25.5 Å². The highest BCUT2D eigenvalue weighted by atomic mass is 16.2. The van der Waals surface area contributed by atoms with Crippen molar-refractivity contribution >= 4 is 11.8 Å². The molecule has 2 aliphatic carbocycles. The first-order chi connectivity index (χ1) is 12.0. The minimum atomic E-state index is -0.0405. The van der Waals surface area contributed by atoms with Gasteiger partial charge >= 0.3 is 0 Å². The normalized spacial score (nSPS) is 25.6. The summed E-state index contributed by atoms with van der Waals surface area (Å²) >= 11 is 0. The molecule has 0 unspecified atom stereocenters. The predicted molar refractivity (Wildman–Crippen MR) is 99.1 cm³/mol. The Morgan fingerprint density at radius 3 is 2.52 bits per heavy atom. The van der Waals surface area contributed by atoms with Gasteiger partial charge in [-0.25, -0.2) is 0 Å². The first-order valence-electron chi connectivity index (χ1n) is 9.71. The minimum Gasteiger partial charge on any atom is -0.352 e. The van der Waals surface area contributed by atoms with Gasteiger partial charge in [0.2, 0.25) is 5.91 Å². The number of hydrogen-bond donors (Lipinski definition) is 2. The summed E-state index contributed by atoms with van der Waals surface area (Å²) in [5.74, 6) is 2.40. The van der Waals surface area contributed by atoms with Gasteiger partial charge in [-0.05, 0) is 68.1 Å². The standard InChI is InChI=1S/C21H30N2O2/c1-3-14(2)23-21(25)17-7-4-15(5-8-17)13-22-20(24)12-19-11-16-6-9-18(19)10-16/h4-5,7-8,14,16,18-19H,3,6,9-13H2,1-2H3,(H,22,24)(H,23,25)/t14-,16-,18-,19-/m0/s1. The van der Waals surface area contributed by atoms with E-state index in [0.717, 1.165) is 23.8 Å². The highest BCUT2D eigenvalue weighted by molar-refractivity contribution is 5.94. The van der Waals surface area contributed by atoms with Gasteiger partial charge in [0.05, 0.1) is 0 Å². The number of carbonyl (C=O) groups is 2. The largest absolute Gasteiger partial charge is 0.352 e. The van der Waals surface area contributed by atoms with Gasteiger partial charge < -0.3 is 10.6 Å². The van der Waals surface area contributed by atoms with E-state index in [1.807, 2.05) is 38.1 Å². The predicted octanol–water partition coefficient (Wildman–Crippen LogP) is 3.66. The van der Waals surface area contributed by atoms with Gasteiger partial charge in [0.1, 0.15) is 0 Å². The number of nitrogens with one attached hydrogen (secondary N) is 2. The molecular weight excluding hydrogens is 312 g/mol. The number of amides is 2. The van der Waals surface area contributed by atoms with Crippen LogP contribution in [0.1, 0.15) is 68.3 Å². The average Bonchev–Trinajstić information content (AvgIpc) is 3.23. The van der Waals surface area contributed by atoms with Gasteiger partial charge in [-0.3, -0.25) is 9.59 Å². The quantitative estimate of drug-likeness (QED) is 0.794. The Morgan fingerprint density at radius 1 is 1.16 bits per heavy atom.